The quantitative estimate of drug-likeness (QED) is 0.829. The number of rotatable bonds is 4. The van der Waals surface area contributed by atoms with Gasteiger partial charge in [0.05, 0.1) is 4.34 Å². The maximum Gasteiger partial charge on any atom is 0.0931 e. The average Bonchev–Trinajstić information content (AvgIpc) is 2.75. The summed E-state index contributed by atoms with van der Waals surface area (Å²) in [5.41, 5.74) is 1.29. The van der Waals surface area contributed by atoms with Gasteiger partial charge in [0.15, 0.2) is 0 Å². The maximum atomic E-state index is 6.22. The van der Waals surface area contributed by atoms with E-state index in [1.54, 1.807) is 11.3 Å². The van der Waals surface area contributed by atoms with Crippen LogP contribution in [-0.4, -0.2) is 6.04 Å². The number of nitrogens with one attached hydrogen (secondary N) is 1. The summed E-state index contributed by atoms with van der Waals surface area (Å²) in [7, 11) is 0. The predicted molar refractivity (Wildman–Crippen MR) is 83.4 cm³/mol. The Morgan fingerprint density at radius 2 is 1.89 bits per heavy atom. The Labute approximate surface area is 127 Å². The Kier molecular flexibility index (Phi) is 4.13. The van der Waals surface area contributed by atoms with Gasteiger partial charge in [0, 0.05) is 22.5 Å². The fourth-order valence-corrected chi connectivity index (χ4v) is 3.86. The molecule has 0 atom stereocenters. The maximum absolute atomic E-state index is 6.22. The van der Waals surface area contributed by atoms with Gasteiger partial charge in [-0.05, 0) is 42.5 Å². The van der Waals surface area contributed by atoms with Crippen LogP contribution in [0, 0.1) is 0 Å². The van der Waals surface area contributed by atoms with Crippen molar-refractivity contribution >= 4 is 34.5 Å². The second kappa shape index (κ2) is 5.84. The molecule has 1 aliphatic rings. The van der Waals surface area contributed by atoms with Gasteiger partial charge >= 0.3 is 0 Å². The summed E-state index contributed by atoms with van der Waals surface area (Å²) < 4.78 is 0.861. The number of benzene rings is 1. The van der Waals surface area contributed by atoms with Crippen LogP contribution in [0.5, 0.6) is 0 Å². The third-order valence-electron chi connectivity index (χ3n) is 3.68. The summed E-state index contributed by atoms with van der Waals surface area (Å²) in [6, 6.07) is 12.8. The van der Waals surface area contributed by atoms with Crippen LogP contribution >= 0.6 is 34.5 Å². The van der Waals surface area contributed by atoms with E-state index in [-0.39, 0.29) is 0 Å². The summed E-state index contributed by atoms with van der Waals surface area (Å²) in [5.74, 6) is 0.609. The van der Waals surface area contributed by atoms with Gasteiger partial charge in [0.2, 0.25) is 0 Å². The van der Waals surface area contributed by atoms with E-state index in [0.29, 0.717) is 12.0 Å². The predicted octanol–water partition coefficient (Wildman–Crippen LogP) is 5.09. The summed E-state index contributed by atoms with van der Waals surface area (Å²) in [4.78, 5) is 1.30. The molecule has 0 aliphatic heterocycles. The lowest BCUT2D eigenvalue weighted by Gasteiger charge is -2.36. The Morgan fingerprint density at radius 1 is 1.11 bits per heavy atom. The molecule has 1 nitrogen and oxygen atoms in total. The standard InChI is InChI=1S/C15H15Cl2NS/c16-14-4-2-1-3-13(14)10-7-11(8-10)18-9-12-5-6-15(17)19-12/h1-6,10-11,18H,7-9H2. The molecule has 1 saturated carbocycles. The minimum absolute atomic E-state index is 0.599. The lowest BCUT2D eigenvalue weighted by Crippen LogP contribution is -2.39. The van der Waals surface area contributed by atoms with Crippen molar-refractivity contribution in [3.8, 4) is 0 Å². The molecule has 4 heteroatoms. The van der Waals surface area contributed by atoms with E-state index in [4.69, 9.17) is 23.2 Å². The fourth-order valence-electron chi connectivity index (χ4n) is 2.54. The van der Waals surface area contributed by atoms with Crippen molar-refractivity contribution in [1.29, 1.82) is 0 Å². The number of thiophene rings is 1. The number of hydrogen-bond acceptors (Lipinski definition) is 2. The molecular weight excluding hydrogens is 297 g/mol. The van der Waals surface area contributed by atoms with Gasteiger partial charge in [-0.1, -0.05) is 41.4 Å². The van der Waals surface area contributed by atoms with E-state index in [0.717, 1.165) is 15.9 Å². The summed E-state index contributed by atoms with van der Waals surface area (Å²) in [6.07, 6.45) is 2.34. The molecule has 1 aromatic heterocycles. The lowest BCUT2D eigenvalue weighted by atomic mass is 9.76. The molecule has 1 N–H and O–H groups in total. The van der Waals surface area contributed by atoms with E-state index >= 15 is 0 Å². The van der Waals surface area contributed by atoms with Crippen LogP contribution in [0.3, 0.4) is 0 Å². The molecule has 0 amide bonds. The highest BCUT2D eigenvalue weighted by atomic mass is 35.5. The molecule has 0 spiro atoms. The molecule has 1 fully saturated rings. The number of hydrogen-bond donors (Lipinski definition) is 1. The van der Waals surface area contributed by atoms with E-state index < -0.39 is 0 Å². The molecule has 0 radical (unpaired) electrons. The first-order chi connectivity index (χ1) is 9.22. The molecule has 1 heterocycles. The van der Waals surface area contributed by atoms with Gasteiger partial charge in [-0.15, -0.1) is 11.3 Å². The largest absolute Gasteiger partial charge is 0.309 e. The van der Waals surface area contributed by atoms with Crippen molar-refractivity contribution < 1.29 is 0 Å². The molecule has 1 aliphatic carbocycles. The number of halogens is 2. The van der Waals surface area contributed by atoms with Gasteiger partial charge in [0.1, 0.15) is 0 Å². The minimum atomic E-state index is 0.599. The molecule has 100 valence electrons. The van der Waals surface area contributed by atoms with Crippen molar-refractivity contribution in [1.82, 2.24) is 5.32 Å². The second-order valence-electron chi connectivity index (χ2n) is 4.97. The Bertz CT molecular complexity index is 561. The van der Waals surface area contributed by atoms with Crippen LogP contribution in [-0.2, 0) is 6.54 Å². The SMILES string of the molecule is Clc1ccc(CNC2CC(c3ccccc3Cl)C2)s1. The van der Waals surface area contributed by atoms with E-state index in [9.17, 15) is 0 Å². The van der Waals surface area contributed by atoms with Gasteiger partial charge in [-0.3, -0.25) is 0 Å². The highest BCUT2D eigenvalue weighted by Crippen LogP contribution is 2.40. The molecular formula is C15H15Cl2NS. The van der Waals surface area contributed by atoms with E-state index in [1.165, 1.54) is 23.3 Å². The third-order valence-corrected chi connectivity index (χ3v) is 5.25. The zero-order valence-corrected chi connectivity index (χ0v) is 12.7. The molecule has 19 heavy (non-hydrogen) atoms. The molecule has 2 aromatic rings. The smallest absolute Gasteiger partial charge is 0.0931 e. The average molecular weight is 312 g/mol. The normalized spacial score (nSPS) is 22.2. The Morgan fingerprint density at radius 3 is 2.58 bits per heavy atom. The van der Waals surface area contributed by atoms with Gasteiger partial charge in [0.25, 0.3) is 0 Å². The zero-order valence-electron chi connectivity index (χ0n) is 10.4. The zero-order chi connectivity index (χ0) is 13.2. The topological polar surface area (TPSA) is 12.0 Å². The van der Waals surface area contributed by atoms with Crippen molar-refractivity contribution in [3.05, 3.63) is 56.2 Å². The molecule has 0 saturated heterocycles. The molecule has 1 aromatic carbocycles. The first-order valence-corrected chi connectivity index (χ1v) is 8.01. The molecule has 0 unspecified atom stereocenters. The van der Waals surface area contributed by atoms with Crippen LogP contribution in [0.15, 0.2) is 36.4 Å². The monoisotopic (exact) mass is 311 g/mol. The van der Waals surface area contributed by atoms with Crippen LogP contribution < -0.4 is 5.32 Å². The van der Waals surface area contributed by atoms with Crippen molar-refractivity contribution in [3.63, 3.8) is 0 Å². The van der Waals surface area contributed by atoms with E-state index in [1.807, 2.05) is 18.2 Å². The van der Waals surface area contributed by atoms with Crippen molar-refractivity contribution in [2.75, 3.05) is 0 Å². The summed E-state index contributed by atoms with van der Waals surface area (Å²) >= 11 is 13.8. The first kappa shape index (κ1) is 13.4. The van der Waals surface area contributed by atoms with E-state index in [2.05, 4.69) is 23.5 Å². The summed E-state index contributed by atoms with van der Waals surface area (Å²) in [5, 5.41) is 4.48. The molecule has 3 rings (SSSR count). The Balaban J connectivity index is 1.49. The van der Waals surface area contributed by atoms with Gasteiger partial charge in [-0.25, -0.2) is 0 Å². The van der Waals surface area contributed by atoms with Gasteiger partial charge < -0.3 is 5.32 Å². The minimum Gasteiger partial charge on any atom is -0.309 e. The van der Waals surface area contributed by atoms with Crippen LogP contribution in [0.2, 0.25) is 9.36 Å². The molecule has 0 bridgehead atoms. The lowest BCUT2D eigenvalue weighted by molar-refractivity contribution is 0.290. The highest BCUT2D eigenvalue weighted by molar-refractivity contribution is 7.16. The van der Waals surface area contributed by atoms with Crippen molar-refractivity contribution in [2.45, 2.75) is 31.3 Å². The highest BCUT2D eigenvalue weighted by Gasteiger charge is 2.30. The summed E-state index contributed by atoms with van der Waals surface area (Å²) in [6.45, 7) is 0.914. The van der Waals surface area contributed by atoms with Crippen LogP contribution in [0.25, 0.3) is 0 Å². The van der Waals surface area contributed by atoms with Crippen LogP contribution in [0.4, 0.5) is 0 Å². The van der Waals surface area contributed by atoms with Gasteiger partial charge in [-0.2, -0.15) is 0 Å². The third kappa shape index (κ3) is 3.14. The van der Waals surface area contributed by atoms with Crippen LogP contribution in [0.1, 0.15) is 29.2 Å². The first-order valence-electron chi connectivity index (χ1n) is 6.44. The van der Waals surface area contributed by atoms with Crippen molar-refractivity contribution in [2.24, 2.45) is 0 Å². The fraction of sp³-hybridized carbons (Fsp3) is 0.333. The second-order valence-corrected chi connectivity index (χ2v) is 7.18. The Hall–Kier alpha value is -0.540.